The molecule has 1 fully saturated rings. The largest absolute Gasteiger partial charge is 0.481 e. The number of amides is 4. The average molecular weight is 374 g/mol. The Morgan fingerprint density at radius 1 is 1.11 bits per heavy atom. The number of imide groups is 2. The van der Waals surface area contributed by atoms with Crippen molar-refractivity contribution >= 4 is 29.6 Å². The van der Waals surface area contributed by atoms with E-state index in [2.05, 4.69) is 11.2 Å². The number of benzene rings is 2. The van der Waals surface area contributed by atoms with E-state index in [1.165, 1.54) is 6.08 Å². The first kappa shape index (κ1) is 18.9. The highest BCUT2D eigenvalue weighted by atomic mass is 16.5. The highest BCUT2D eigenvalue weighted by Crippen LogP contribution is 2.24. The van der Waals surface area contributed by atoms with Gasteiger partial charge >= 0.3 is 6.03 Å². The van der Waals surface area contributed by atoms with Crippen molar-refractivity contribution in [2.75, 3.05) is 11.5 Å². The molecule has 1 N–H and O–H groups in total. The summed E-state index contributed by atoms with van der Waals surface area (Å²) in [6.07, 6.45) is 6.60. The maximum Gasteiger partial charge on any atom is 0.335 e. The van der Waals surface area contributed by atoms with Crippen LogP contribution in [-0.4, -0.2) is 24.5 Å². The summed E-state index contributed by atoms with van der Waals surface area (Å²) >= 11 is 0. The lowest BCUT2D eigenvalue weighted by atomic mass is 10.0. The molecule has 0 unspecified atom stereocenters. The van der Waals surface area contributed by atoms with Gasteiger partial charge in [-0.15, -0.1) is 6.42 Å². The van der Waals surface area contributed by atoms with Gasteiger partial charge in [0, 0.05) is 0 Å². The van der Waals surface area contributed by atoms with Crippen molar-refractivity contribution in [2.45, 2.75) is 13.8 Å². The summed E-state index contributed by atoms with van der Waals surface area (Å²) in [5.74, 6) is 1.45. The Bertz CT molecular complexity index is 1050. The molecule has 28 heavy (non-hydrogen) atoms. The van der Waals surface area contributed by atoms with Gasteiger partial charge in [-0.3, -0.25) is 14.9 Å². The second-order valence-electron chi connectivity index (χ2n) is 6.29. The number of hydrogen-bond donors (Lipinski definition) is 1. The van der Waals surface area contributed by atoms with Crippen LogP contribution in [0.25, 0.3) is 6.08 Å². The second kappa shape index (κ2) is 7.80. The fourth-order valence-corrected chi connectivity index (χ4v) is 2.74. The first-order chi connectivity index (χ1) is 13.4. The minimum Gasteiger partial charge on any atom is -0.481 e. The minimum atomic E-state index is -0.776. The Labute approximate surface area is 162 Å². The van der Waals surface area contributed by atoms with Gasteiger partial charge in [-0.2, -0.15) is 0 Å². The van der Waals surface area contributed by atoms with Gasteiger partial charge in [0.2, 0.25) is 0 Å². The molecular formula is C22H18N2O4. The normalized spacial score (nSPS) is 15.4. The molecule has 4 amide bonds. The summed E-state index contributed by atoms with van der Waals surface area (Å²) in [6.45, 7) is 3.92. The average Bonchev–Trinajstić information content (AvgIpc) is 2.66. The van der Waals surface area contributed by atoms with E-state index in [1.54, 1.807) is 36.4 Å². The molecular weight excluding hydrogens is 356 g/mol. The summed E-state index contributed by atoms with van der Waals surface area (Å²) in [4.78, 5) is 38.4. The molecule has 2 aromatic carbocycles. The highest BCUT2D eigenvalue weighted by molar-refractivity contribution is 6.39. The molecule has 0 bridgehead atoms. The summed E-state index contributed by atoms with van der Waals surface area (Å²) in [7, 11) is 0. The van der Waals surface area contributed by atoms with Crippen molar-refractivity contribution < 1.29 is 19.1 Å². The van der Waals surface area contributed by atoms with E-state index in [4.69, 9.17) is 11.2 Å². The molecule has 140 valence electrons. The zero-order chi connectivity index (χ0) is 20.3. The van der Waals surface area contributed by atoms with E-state index in [1.807, 2.05) is 19.9 Å². The molecule has 0 aromatic heterocycles. The summed E-state index contributed by atoms with van der Waals surface area (Å²) in [6, 6.07) is 11.2. The van der Waals surface area contributed by atoms with Gasteiger partial charge in [0.05, 0.1) is 5.69 Å². The van der Waals surface area contributed by atoms with E-state index < -0.39 is 17.8 Å². The van der Waals surface area contributed by atoms with Crippen molar-refractivity contribution in [1.29, 1.82) is 0 Å². The van der Waals surface area contributed by atoms with E-state index in [0.717, 1.165) is 16.0 Å². The topological polar surface area (TPSA) is 75.7 Å². The number of nitrogens with one attached hydrogen (secondary N) is 1. The zero-order valence-corrected chi connectivity index (χ0v) is 15.5. The van der Waals surface area contributed by atoms with Gasteiger partial charge in [0.25, 0.3) is 11.8 Å². The molecule has 2 aromatic rings. The molecule has 1 saturated heterocycles. The molecule has 0 spiro atoms. The predicted octanol–water partition coefficient (Wildman–Crippen LogP) is 2.98. The van der Waals surface area contributed by atoms with Crippen LogP contribution in [-0.2, 0) is 9.59 Å². The first-order valence-electron chi connectivity index (χ1n) is 8.55. The van der Waals surface area contributed by atoms with Crippen molar-refractivity contribution in [2.24, 2.45) is 0 Å². The fourth-order valence-electron chi connectivity index (χ4n) is 2.74. The van der Waals surface area contributed by atoms with Gasteiger partial charge in [0.1, 0.15) is 17.9 Å². The Balaban J connectivity index is 1.97. The Hall–Kier alpha value is -3.85. The van der Waals surface area contributed by atoms with Crippen molar-refractivity contribution in [3.05, 3.63) is 64.7 Å². The predicted molar refractivity (Wildman–Crippen MR) is 106 cm³/mol. The molecule has 6 nitrogen and oxygen atoms in total. The summed E-state index contributed by atoms with van der Waals surface area (Å²) in [5.41, 5.74) is 2.78. The Morgan fingerprint density at radius 2 is 1.89 bits per heavy atom. The van der Waals surface area contributed by atoms with Crippen molar-refractivity contribution in [3.63, 3.8) is 0 Å². The molecule has 1 aliphatic rings. The number of carbonyl (C=O) groups is 3. The van der Waals surface area contributed by atoms with E-state index in [0.29, 0.717) is 17.0 Å². The zero-order valence-electron chi connectivity index (χ0n) is 15.5. The molecule has 0 atom stereocenters. The highest BCUT2D eigenvalue weighted by Gasteiger charge is 2.36. The molecule has 0 saturated carbocycles. The SMILES string of the molecule is C#CCOc1cccc(/C=C2\C(=O)NC(=O)N(c3ccc(C)c(C)c3)C2=O)c1. The number of aryl methyl sites for hydroxylation is 2. The number of ether oxygens (including phenoxy) is 1. The third kappa shape index (κ3) is 3.79. The lowest BCUT2D eigenvalue weighted by Gasteiger charge is -2.26. The van der Waals surface area contributed by atoms with Crippen LogP contribution in [0.2, 0.25) is 0 Å². The van der Waals surface area contributed by atoms with Gasteiger partial charge in [-0.25, -0.2) is 9.69 Å². The van der Waals surface area contributed by atoms with Crippen LogP contribution in [0.5, 0.6) is 5.75 Å². The molecule has 1 aliphatic heterocycles. The van der Waals surface area contributed by atoms with Crippen LogP contribution < -0.4 is 15.0 Å². The van der Waals surface area contributed by atoms with Crippen LogP contribution in [0.4, 0.5) is 10.5 Å². The fraction of sp³-hybridized carbons (Fsp3) is 0.136. The number of nitrogens with zero attached hydrogens (tertiary/aromatic N) is 1. The third-order valence-corrected chi connectivity index (χ3v) is 4.34. The molecule has 0 aliphatic carbocycles. The van der Waals surface area contributed by atoms with E-state index >= 15 is 0 Å². The van der Waals surface area contributed by atoms with Gasteiger partial charge in [-0.1, -0.05) is 24.1 Å². The van der Waals surface area contributed by atoms with Crippen LogP contribution in [0.15, 0.2) is 48.0 Å². The van der Waals surface area contributed by atoms with Gasteiger partial charge in [-0.05, 0) is 60.9 Å². The van der Waals surface area contributed by atoms with E-state index in [9.17, 15) is 14.4 Å². The Morgan fingerprint density at radius 3 is 2.61 bits per heavy atom. The third-order valence-electron chi connectivity index (χ3n) is 4.34. The lowest BCUT2D eigenvalue weighted by Crippen LogP contribution is -2.54. The summed E-state index contributed by atoms with van der Waals surface area (Å²) in [5, 5.41) is 2.21. The van der Waals surface area contributed by atoms with Crippen LogP contribution in [0, 0.1) is 26.2 Å². The number of rotatable bonds is 4. The second-order valence-corrected chi connectivity index (χ2v) is 6.29. The number of terminal acetylenes is 1. The maximum atomic E-state index is 12.9. The molecule has 1 heterocycles. The van der Waals surface area contributed by atoms with Gasteiger partial charge in [0.15, 0.2) is 0 Å². The number of carbonyl (C=O) groups excluding carboxylic acids is 3. The number of barbiturate groups is 1. The molecule has 3 rings (SSSR count). The maximum absolute atomic E-state index is 12.9. The van der Waals surface area contributed by atoms with Gasteiger partial charge < -0.3 is 4.74 Å². The lowest BCUT2D eigenvalue weighted by molar-refractivity contribution is -0.122. The smallest absolute Gasteiger partial charge is 0.335 e. The Kier molecular flexibility index (Phi) is 5.28. The number of anilines is 1. The number of hydrogen-bond acceptors (Lipinski definition) is 4. The summed E-state index contributed by atoms with van der Waals surface area (Å²) < 4.78 is 5.36. The first-order valence-corrected chi connectivity index (χ1v) is 8.55. The van der Waals surface area contributed by atoms with Crippen LogP contribution >= 0.6 is 0 Å². The van der Waals surface area contributed by atoms with Crippen LogP contribution in [0.3, 0.4) is 0 Å². The van der Waals surface area contributed by atoms with Crippen molar-refractivity contribution in [1.82, 2.24) is 5.32 Å². The standard InChI is InChI=1S/C22H18N2O4/c1-4-10-28-18-7-5-6-16(12-18)13-19-20(25)23-22(27)24(21(19)26)17-9-8-14(2)15(3)11-17/h1,5-9,11-13H,10H2,2-3H3,(H,23,25,27)/b19-13+. The van der Waals surface area contributed by atoms with Crippen LogP contribution in [0.1, 0.15) is 16.7 Å². The quantitative estimate of drug-likeness (QED) is 0.507. The minimum absolute atomic E-state index is 0.106. The van der Waals surface area contributed by atoms with E-state index in [-0.39, 0.29) is 12.2 Å². The monoisotopic (exact) mass is 374 g/mol. The number of urea groups is 1. The molecule has 0 radical (unpaired) electrons. The molecule has 6 heteroatoms. The van der Waals surface area contributed by atoms with Crippen molar-refractivity contribution in [3.8, 4) is 18.1 Å².